The van der Waals surface area contributed by atoms with Gasteiger partial charge in [0.05, 0.1) is 12.1 Å². The van der Waals surface area contributed by atoms with E-state index in [4.69, 9.17) is 16.5 Å². The molecule has 3 aromatic rings. The zero-order valence-corrected chi connectivity index (χ0v) is 37.8. The summed E-state index contributed by atoms with van der Waals surface area (Å²) in [6.45, 7) is 22.4. The number of carbonyl (C=O) groups is 3. The van der Waals surface area contributed by atoms with Crippen LogP contribution in [0.5, 0.6) is 0 Å². The van der Waals surface area contributed by atoms with Gasteiger partial charge in [-0.2, -0.15) is 4.98 Å². The Balaban J connectivity index is 0.818. The number of allylic oxidation sites excluding steroid dienone is 1. The molecule has 4 fully saturated rings. The number of anilines is 4. The molecule has 340 valence electrons. The van der Waals surface area contributed by atoms with Gasteiger partial charge in [-0.25, -0.2) is 9.79 Å². The van der Waals surface area contributed by atoms with E-state index in [1.165, 1.54) is 5.56 Å². The summed E-state index contributed by atoms with van der Waals surface area (Å²) in [5, 5.41) is 11.8. The van der Waals surface area contributed by atoms with E-state index in [9.17, 15) is 14.4 Å². The van der Waals surface area contributed by atoms with E-state index in [0.29, 0.717) is 55.2 Å². The summed E-state index contributed by atoms with van der Waals surface area (Å²) in [4.78, 5) is 59.6. The number of aryl methyl sites for hydroxylation is 1. The number of amidine groups is 1. The van der Waals surface area contributed by atoms with Crippen LogP contribution in [0.25, 0.3) is 5.70 Å². The van der Waals surface area contributed by atoms with Crippen LogP contribution in [0.2, 0.25) is 0 Å². The molecule has 16 nitrogen and oxygen atoms in total. The third-order valence-corrected chi connectivity index (χ3v) is 14.1. The highest BCUT2D eigenvalue weighted by Crippen LogP contribution is 2.34. The van der Waals surface area contributed by atoms with Crippen LogP contribution in [0.1, 0.15) is 98.3 Å². The number of aliphatic imine (C=N–C) groups is 1. The van der Waals surface area contributed by atoms with Crippen molar-refractivity contribution >= 4 is 53.0 Å². The number of primary amides is 1. The Morgan fingerprint density at radius 2 is 1.70 bits per heavy atom. The number of likely N-dealkylation sites (tertiary alicyclic amines) is 1. The molecule has 0 bridgehead atoms. The lowest BCUT2D eigenvalue weighted by molar-refractivity contribution is -0.116. The molecule has 0 aliphatic carbocycles. The number of urea groups is 1. The fraction of sp³-hybridized carbons (Fsp3) is 0.521. The molecule has 5 aliphatic heterocycles. The van der Waals surface area contributed by atoms with Crippen LogP contribution in [0.3, 0.4) is 0 Å². The molecule has 0 spiro atoms. The summed E-state index contributed by atoms with van der Waals surface area (Å²) < 4.78 is 0. The molecule has 1 aromatic heterocycles. The van der Waals surface area contributed by atoms with Crippen LogP contribution in [0.4, 0.5) is 27.9 Å². The van der Waals surface area contributed by atoms with E-state index in [1.807, 2.05) is 35.8 Å². The standard InChI is InChI=1S/C48H65N13O3/c1-31(2)59-25-26-60(48(59)64)40-7-6-20-58(29-40)47-53-46(43(45(50)63)54-55-47)52-38-12-10-36(11-13-38)37-18-21-56(22-19-37)28-35-16-23-57(24-17-35)39-14-8-32(3)41(27-39)34(5)61(30-62)42-15-9-33(4)51-44(42)49/h8,10-14,27,30-31,35,37,40,42H,4-7,9,15-26,28-29H2,1-3H3,(H2,49,51)(H2,50,63)(H,52,53,55). The topological polar surface area (TPSA) is 186 Å². The van der Waals surface area contributed by atoms with Crippen LogP contribution in [0.15, 0.2) is 66.3 Å². The zero-order chi connectivity index (χ0) is 45.1. The number of carbonyl (C=O) groups excluding carboxylic acids is 3. The number of aromatic nitrogens is 3. The summed E-state index contributed by atoms with van der Waals surface area (Å²) >= 11 is 0. The van der Waals surface area contributed by atoms with Gasteiger partial charge in [-0.1, -0.05) is 31.4 Å². The smallest absolute Gasteiger partial charge is 0.320 e. The minimum Gasteiger partial charge on any atom is -0.385 e. The van der Waals surface area contributed by atoms with Crippen LogP contribution >= 0.6 is 0 Å². The van der Waals surface area contributed by atoms with Gasteiger partial charge in [-0.15, -0.1) is 10.2 Å². The van der Waals surface area contributed by atoms with Gasteiger partial charge in [0.15, 0.2) is 11.5 Å². The number of hydrogen-bond donors (Lipinski definition) is 3. The molecule has 5 aliphatic rings. The Labute approximate surface area is 377 Å². The van der Waals surface area contributed by atoms with Crippen molar-refractivity contribution in [2.24, 2.45) is 22.4 Å². The summed E-state index contributed by atoms with van der Waals surface area (Å²) in [6, 6.07) is 14.9. The highest BCUT2D eigenvalue weighted by atomic mass is 16.2. The van der Waals surface area contributed by atoms with Gasteiger partial charge in [-0.05, 0) is 132 Å². The van der Waals surface area contributed by atoms with Crippen molar-refractivity contribution in [3.8, 4) is 0 Å². The molecular formula is C48H65N13O3. The second-order valence-corrected chi connectivity index (χ2v) is 18.5. The molecule has 4 saturated heterocycles. The first-order valence-corrected chi connectivity index (χ1v) is 23.1. The van der Waals surface area contributed by atoms with Crippen molar-refractivity contribution in [3.05, 3.63) is 83.7 Å². The molecule has 2 atom stereocenters. The normalized spacial score (nSPS) is 21.7. The van der Waals surface area contributed by atoms with Crippen molar-refractivity contribution in [1.82, 2.24) is 34.8 Å². The summed E-state index contributed by atoms with van der Waals surface area (Å²) in [5.74, 6) is 1.51. The first kappa shape index (κ1) is 44.6. The molecular weight excluding hydrogens is 807 g/mol. The Hall–Kier alpha value is -6.03. The highest BCUT2D eigenvalue weighted by Gasteiger charge is 2.38. The first-order chi connectivity index (χ1) is 30.9. The van der Waals surface area contributed by atoms with E-state index < -0.39 is 5.91 Å². The monoisotopic (exact) mass is 872 g/mol. The predicted molar refractivity (Wildman–Crippen MR) is 253 cm³/mol. The molecule has 6 heterocycles. The summed E-state index contributed by atoms with van der Waals surface area (Å²) in [5.41, 5.74) is 18.6. The van der Waals surface area contributed by atoms with Crippen molar-refractivity contribution in [2.75, 3.05) is 74.0 Å². The summed E-state index contributed by atoms with van der Waals surface area (Å²) in [7, 11) is 0. The minimum atomic E-state index is -0.702. The summed E-state index contributed by atoms with van der Waals surface area (Å²) in [6.07, 6.45) is 8.48. The SMILES string of the molecule is C=C1CCC(N(C=O)C(=C)c2cc(N3CCC(CN4CCC(c5ccc(Nc6nc(N7CCCC(N8CCN(C(C)C)C8=O)C7)nnc6C(N)=O)cc5)CC4)CC3)ccc2C)C(N)=N1. The third-order valence-electron chi connectivity index (χ3n) is 14.1. The quantitative estimate of drug-likeness (QED) is 0.169. The molecule has 4 amide bonds. The van der Waals surface area contributed by atoms with E-state index in [0.717, 1.165) is 119 Å². The van der Waals surface area contributed by atoms with Crippen LogP contribution < -0.4 is 26.6 Å². The molecule has 2 unspecified atom stereocenters. The largest absolute Gasteiger partial charge is 0.385 e. The van der Waals surface area contributed by atoms with Gasteiger partial charge >= 0.3 is 6.03 Å². The number of nitrogens with one attached hydrogen (secondary N) is 1. The highest BCUT2D eigenvalue weighted by molar-refractivity contribution is 5.96. The zero-order valence-electron chi connectivity index (χ0n) is 37.8. The number of benzene rings is 2. The number of nitrogens with zero attached hydrogens (tertiary/aromatic N) is 10. The van der Waals surface area contributed by atoms with Gasteiger partial charge < -0.3 is 46.2 Å². The maximum atomic E-state index is 13.1. The first-order valence-electron chi connectivity index (χ1n) is 23.1. The van der Waals surface area contributed by atoms with Gasteiger partial charge in [0.2, 0.25) is 12.4 Å². The average molecular weight is 872 g/mol. The molecule has 0 radical (unpaired) electrons. The van der Waals surface area contributed by atoms with E-state index in [-0.39, 0.29) is 35.7 Å². The maximum absolute atomic E-state index is 13.1. The van der Waals surface area contributed by atoms with Crippen molar-refractivity contribution < 1.29 is 14.4 Å². The Morgan fingerprint density at radius 1 is 0.953 bits per heavy atom. The van der Waals surface area contributed by atoms with Crippen LogP contribution in [-0.4, -0.2) is 136 Å². The van der Waals surface area contributed by atoms with E-state index in [2.05, 4.69) is 85.6 Å². The Kier molecular flexibility index (Phi) is 13.5. The molecule has 5 N–H and O–H groups in total. The van der Waals surface area contributed by atoms with Crippen molar-refractivity contribution in [3.63, 3.8) is 0 Å². The van der Waals surface area contributed by atoms with Gasteiger partial charge in [0.1, 0.15) is 5.84 Å². The van der Waals surface area contributed by atoms with E-state index >= 15 is 0 Å². The van der Waals surface area contributed by atoms with Crippen LogP contribution in [-0.2, 0) is 4.79 Å². The number of piperidine rings is 3. The third kappa shape index (κ3) is 9.71. The number of amides is 4. The lowest BCUT2D eigenvalue weighted by Crippen LogP contribution is -2.50. The molecule has 8 rings (SSSR count). The van der Waals surface area contributed by atoms with Gasteiger partial charge in [-0.3, -0.25) is 9.59 Å². The Morgan fingerprint density at radius 3 is 2.38 bits per heavy atom. The van der Waals surface area contributed by atoms with Gasteiger partial charge in [0.25, 0.3) is 5.91 Å². The molecule has 2 aromatic carbocycles. The van der Waals surface area contributed by atoms with Crippen molar-refractivity contribution in [1.29, 1.82) is 0 Å². The number of hydrogen-bond acceptors (Lipinski definition) is 12. The second-order valence-electron chi connectivity index (χ2n) is 18.5. The van der Waals surface area contributed by atoms with Crippen molar-refractivity contribution in [2.45, 2.75) is 96.2 Å². The van der Waals surface area contributed by atoms with E-state index in [1.54, 1.807) is 4.90 Å². The fourth-order valence-corrected chi connectivity index (χ4v) is 10.3. The number of rotatable bonds is 14. The molecule has 0 saturated carbocycles. The Bertz CT molecular complexity index is 2250. The maximum Gasteiger partial charge on any atom is 0.320 e. The second kappa shape index (κ2) is 19.4. The fourth-order valence-electron chi connectivity index (χ4n) is 10.3. The predicted octanol–water partition coefficient (Wildman–Crippen LogP) is 5.70. The minimum absolute atomic E-state index is 0.0143. The average Bonchev–Trinajstić information content (AvgIpc) is 3.69. The molecule has 64 heavy (non-hydrogen) atoms. The number of nitrogens with two attached hydrogens (primary N) is 2. The van der Waals surface area contributed by atoms with Crippen LogP contribution in [0, 0.1) is 12.8 Å². The molecule has 16 heteroatoms. The van der Waals surface area contributed by atoms with Gasteiger partial charge in [0, 0.05) is 80.2 Å². The lowest BCUT2D eigenvalue weighted by Gasteiger charge is -2.39. The lowest BCUT2D eigenvalue weighted by atomic mass is 9.88.